The lowest BCUT2D eigenvalue weighted by Gasteiger charge is -2.27. The molecule has 0 unspecified atom stereocenters. The predicted octanol–water partition coefficient (Wildman–Crippen LogP) is 5.47. The SMILES string of the molecule is Cc1cnc(Nc2ccnn2C)nc1-c1cc2n(c1)C[C@H](C)n1c-2nnc1C(F)(F)c1ccccc1Cl.S. The van der Waals surface area contributed by atoms with Crippen molar-refractivity contribution in [3.05, 3.63) is 77.0 Å². The van der Waals surface area contributed by atoms with E-state index in [0.717, 1.165) is 22.6 Å². The fourth-order valence-corrected chi connectivity index (χ4v) is 4.94. The fraction of sp³-hybridized carbons (Fsp3) is 0.240. The number of aromatic nitrogens is 8. The number of rotatable bonds is 5. The quantitative estimate of drug-likeness (QED) is 0.309. The summed E-state index contributed by atoms with van der Waals surface area (Å²) in [5, 5.41) is 15.4. The van der Waals surface area contributed by atoms with Crippen molar-refractivity contribution in [3.8, 4) is 22.8 Å². The Morgan fingerprint density at radius 1 is 1.16 bits per heavy atom. The zero-order valence-corrected chi connectivity index (χ0v) is 22.4. The first-order valence-corrected chi connectivity index (χ1v) is 12.0. The summed E-state index contributed by atoms with van der Waals surface area (Å²) in [4.78, 5) is 9.10. The molecule has 38 heavy (non-hydrogen) atoms. The summed E-state index contributed by atoms with van der Waals surface area (Å²) in [5.41, 5.74) is 2.80. The second-order valence-electron chi connectivity index (χ2n) is 9.08. The number of hydrogen-bond donors (Lipinski definition) is 1. The van der Waals surface area contributed by atoms with Gasteiger partial charge in [-0.3, -0.25) is 9.25 Å². The summed E-state index contributed by atoms with van der Waals surface area (Å²) in [6, 6.07) is 9.32. The van der Waals surface area contributed by atoms with Gasteiger partial charge in [-0.05, 0) is 31.5 Å². The smallest absolute Gasteiger partial charge is 0.333 e. The van der Waals surface area contributed by atoms with Gasteiger partial charge in [-0.1, -0.05) is 29.8 Å². The molecule has 0 fully saturated rings. The van der Waals surface area contributed by atoms with E-state index >= 15 is 8.78 Å². The van der Waals surface area contributed by atoms with Crippen molar-refractivity contribution in [2.45, 2.75) is 32.4 Å². The van der Waals surface area contributed by atoms with Crippen LogP contribution in [-0.4, -0.2) is 39.1 Å². The van der Waals surface area contributed by atoms with E-state index in [0.29, 0.717) is 24.0 Å². The molecule has 0 bridgehead atoms. The van der Waals surface area contributed by atoms with Crippen LogP contribution in [-0.2, 0) is 19.5 Å². The first-order valence-electron chi connectivity index (χ1n) is 11.6. The molecule has 1 aliphatic heterocycles. The van der Waals surface area contributed by atoms with E-state index < -0.39 is 11.7 Å². The number of fused-ring (bicyclic) bond motifs is 3. The van der Waals surface area contributed by atoms with Crippen molar-refractivity contribution < 1.29 is 8.78 Å². The summed E-state index contributed by atoms with van der Waals surface area (Å²) in [6.45, 7) is 4.26. The van der Waals surface area contributed by atoms with Crippen molar-refractivity contribution >= 4 is 36.9 Å². The Bertz CT molecular complexity index is 1640. The zero-order valence-electron chi connectivity index (χ0n) is 20.7. The molecule has 1 N–H and O–H groups in total. The molecular formula is C25H24ClF2N9S. The number of hydrogen-bond acceptors (Lipinski definition) is 6. The van der Waals surface area contributed by atoms with E-state index in [2.05, 4.69) is 25.6 Å². The maximum Gasteiger partial charge on any atom is 0.333 e. The van der Waals surface area contributed by atoms with E-state index in [9.17, 15) is 0 Å². The molecule has 0 saturated heterocycles. The van der Waals surface area contributed by atoms with Crippen LogP contribution in [0.1, 0.15) is 29.9 Å². The molecule has 6 rings (SSSR count). The number of nitrogens with zero attached hydrogens (tertiary/aromatic N) is 8. The highest BCUT2D eigenvalue weighted by Crippen LogP contribution is 2.43. The average Bonchev–Trinajstić information content (AvgIpc) is 3.59. The lowest BCUT2D eigenvalue weighted by Crippen LogP contribution is -2.28. The molecule has 9 nitrogen and oxygen atoms in total. The highest BCUT2D eigenvalue weighted by molar-refractivity contribution is 7.59. The van der Waals surface area contributed by atoms with E-state index in [1.54, 1.807) is 23.1 Å². The highest BCUT2D eigenvalue weighted by Gasteiger charge is 2.44. The Balaban J connectivity index is 0.00000294. The summed E-state index contributed by atoms with van der Waals surface area (Å²) in [5.74, 6) is -2.30. The maximum atomic E-state index is 15.6. The van der Waals surface area contributed by atoms with Crippen LogP contribution in [0, 0.1) is 6.92 Å². The second kappa shape index (κ2) is 9.52. The Morgan fingerprint density at radius 2 is 1.95 bits per heavy atom. The van der Waals surface area contributed by atoms with Gasteiger partial charge < -0.3 is 9.88 Å². The molecule has 0 amide bonds. The molecule has 5 aromatic rings. The Labute approximate surface area is 229 Å². The third-order valence-corrected chi connectivity index (χ3v) is 6.85. The van der Waals surface area contributed by atoms with Gasteiger partial charge >= 0.3 is 5.92 Å². The van der Waals surface area contributed by atoms with Crippen LogP contribution >= 0.6 is 25.1 Å². The molecule has 1 aromatic carbocycles. The molecule has 5 heterocycles. The molecule has 0 radical (unpaired) electrons. The van der Waals surface area contributed by atoms with Gasteiger partial charge in [-0.15, -0.1) is 10.2 Å². The fourth-order valence-electron chi connectivity index (χ4n) is 4.68. The minimum absolute atomic E-state index is 0. The first-order chi connectivity index (χ1) is 17.7. The van der Waals surface area contributed by atoms with Crippen LogP contribution < -0.4 is 5.32 Å². The Morgan fingerprint density at radius 3 is 2.68 bits per heavy atom. The molecule has 0 saturated carbocycles. The van der Waals surface area contributed by atoms with Crippen LogP contribution in [0.4, 0.5) is 20.5 Å². The number of halogens is 3. The lowest BCUT2D eigenvalue weighted by molar-refractivity contribution is 0.0269. The first kappa shape index (κ1) is 25.9. The standard InChI is InChI=1S/C25H22ClF2N9.H2S/c1-14-11-29-24(31-20-8-9-30-35(20)3)32-21(14)16-10-19-22-33-34-23(37(22)15(2)12-36(19)13-16)25(27,28)17-6-4-5-7-18(17)26;/h4-11,13,15H,12H2,1-3H3,(H,29,31,32);1H2/t15-;/m0./s1. The molecule has 0 aliphatic carbocycles. The van der Waals surface area contributed by atoms with Gasteiger partial charge in [-0.2, -0.15) is 27.4 Å². The van der Waals surface area contributed by atoms with Crippen molar-refractivity contribution in [2.75, 3.05) is 5.32 Å². The van der Waals surface area contributed by atoms with Gasteiger partial charge in [-0.25, -0.2) is 9.97 Å². The summed E-state index contributed by atoms with van der Waals surface area (Å²) >= 11 is 6.11. The van der Waals surface area contributed by atoms with Crippen molar-refractivity contribution in [1.82, 2.24) is 39.1 Å². The van der Waals surface area contributed by atoms with Gasteiger partial charge in [0, 0.05) is 43.2 Å². The Kier molecular flexibility index (Phi) is 6.48. The van der Waals surface area contributed by atoms with E-state index in [-0.39, 0.29) is 30.1 Å². The molecule has 4 aromatic heterocycles. The van der Waals surface area contributed by atoms with Gasteiger partial charge in [0.15, 0.2) is 5.82 Å². The largest absolute Gasteiger partial charge is 0.342 e. The normalized spacial score (nSPS) is 14.5. The second-order valence-corrected chi connectivity index (χ2v) is 9.48. The van der Waals surface area contributed by atoms with Crippen LogP contribution in [0.25, 0.3) is 22.8 Å². The number of aryl methyl sites for hydroxylation is 2. The number of benzene rings is 1. The summed E-state index contributed by atoms with van der Waals surface area (Å²) in [6.07, 6.45) is 5.38. The minimum Gasteiger partial charge on any atom is -0.342 e. The summed E-state index contributed by atoms with van der Waals surface area (Å²) in [7, 11) is 1.82. The molecular weight excluding hydrogens is 532 g/mol. The van der Waals surface area contributed by atoms with Gasteiger partial charge in [0.25, 0.3) is 0 Å². The third-order valence-electron chi connectivity index (χ3n) is 6.52. The summed E-state index contributed by atoms with van der Waals surface area (Å²) < 4.78 is 36.4. The van der Waals surface area contributed by atoms with Gasteiger partial charge in [0.1, 0.15) is 5.82 Å². The average molecular weight is 556 g/mol. The van der Waals surface area contributed by atoms with E-state index in [1.165, 1.54) is 22.8 Å². The Hall–Kier alpha value is -3.77. The molecule has 0 spiro atoms. The lowest BCUT2D eigenvalue weighted by atomic mass is 10.1. The molecule has 1 aliphatic rings. The van der Waals surface area contributed by atoms with E-state index in [4.69, 9.17) is 16.6 Å². The van der Waals surface area contributed by atoms with Crippen molar-refractivity contribution in [2.24, 2.45) is 7.05 Å². The molecule has 196 valence electrons. The number of anilines is 2. The maximum absolute atomic E-state index is 15.6. The number of alkyl halides is 2. The van der Waals surface area contributed by atoms with Crippen LogP contribution in [0.3, 0.4) is 0 Å². The molecule has 1 atom stereocenters. The van der Waals surface area contributed by atoms with Crippen LogP contribution in [0.2, 0.25) is 5.02 Å². The zero-order chi connectivity index (χ0) is 25.9. The monoisotopic (exact) mass is 555 g/mol. The topological polar surface area (TPSA) is 91.3 Å². The van der Waals surface area contributed by atoms with Crippen molar-refractivity contribution in [3.63, 3.8) is 0 Å². The van der Waals surface area contributed by atoms with Crippen molar-refractivity contribution in [1.29, 1.82) is 0 Å². The van der Waals surface area contributed by atoms with E-state index in [1.807, 2.05) is 43.8 Å². The van der Waals surface area contributed by atoms with Gasteiger partial charge in [0.05, 0.1) is 28.6 Å². The van der Waals surface area contributed by atoms with Crippen LogP contribution in [0.15, 0.2) is 55.0 Å². The predicted molar refractivity (Wildman–Crippen MR) is 145 cm³/mol. The third kappa shape index (κ3) is 4.13. The van der Waals surface area contributed by atoms with Crippen LogP contribution in [0.5, 0.6) is 0 Å². The highest BCUT2D eigenvalue weighted by atomic mass is 35.5. The number of nitrogens with one attached hydrogen (secondary N) is 1. The molecule has 13 heteroatoms. The minimum atomic E-state index is -3.41. The van der Waals surface area contributed by atoms with Gasteiger partial charge in [0.2, 0.25) is 11.8 Å².